The van der Waals surface area contributed by atoms with Gasteiger partial charge in [0.15, 0.2) is 5.78 Å². The van der Waals surface area contributed by atoms with Gasteiger partial charge in [0.2, 0.25) is 0 Å². The standard InChI is InChI=1S/C15H20O4/c1-4-8-19-12-6-7-13(11(3)9-12)14(16)10-15(17)18-5-2/h6-7,9H,4-5,8,10H2,1-3H3. The molecule has 1 aromatic rings. The lowest BCUT2D eigenvalue weighted by molar-refractivity contribution is -0.141. The van der Waals surface area contributed by atoms with Crippen molar-refractivity contribution in [3.05, 3.63) is 29.3 Å². The molecule has 1 aromatic carbocycles. The van der Waals surface area contributed by atoms with E-state index in [0.29, 0.717) is 12.2 Å². The van der Waals surface area contributed by atoms with Gasteiger partial charge in [-0.1, -0.05) is 6.92 Å². The lowest BCUT2D eigenvalue weighted by Crippen LogP contribution is -2.12. The monoisotopic (exact) mass is 264 g/mol. The van der Waals surface area contributed by atoms with Crippen molar-refractivity contribution < 1.29 is 19.1 Å². The number of hydrogen-bond acceptors (Lipinski definition) is 4. The maximum atomic E-state index is 11.9. The Bertz CT molecular complexity index is 451. The summed E-state index contributed by atoms with van der Waals surface area (Å²) < 4.78 is 10.3. The first-order valence-electron chi connectivity index (χ1n) is 6.50. The number of ketones is 1. The molecule has 0 N–H and O–H groups in total. The summed E-state index contributed by atoms with van der Waals surface area (Å²) in [6.07, 6.45) is 0.715. The Labute approximate surface area is 113 Å². The van der Waals surface area contributed by atoms with Crippen LogP contribution >= 0.6 is 0 Å². The zero-order chi connectivity index (χ0) is 14.3. The first-order valence-corrected chi connectivity index (χ1v) is 6.50. The van der Waals surface area contributed by atoms with Gasteiger partial charge in [-0.05, 0) is 44.0 Å². The lowest BCUT2D eigenvalue weighted by Gasteiger charge is -2.09. The van der Waals surface area contributed by atoms with Crippen LogP contribution in [0.5, 0.6) is 5.75 Å². The van der Waals surface area contributed by atoms with Gasteiger partial charge in [0.1, 0.15) is 12.2 Å². The third-order valence-electron chi connectivity index (χ3n) is 2.58. The number of carbonyl (C=O) groups excluding carboxylic acids is 2. The number of benzene rings is 1. The van der Waals surface area contributed by atoms with Gasteiger partial charge in [-0.15, -0.1) is 0 Å². The van der Waals surface area contributed by atoms with Crippen molar-refractivity contribution in [2.24, 2.45) is 0 Å². The van der Waals surface area contributed by atoms with Crippen LogP contribution < -0.4 is 4.74 Å². The van der Waals surface area contributed by atoms with Crippen LogP contribution in [0, 0.1) is 6.92 Å². The summed E-state index contributed by atoms with van der Waals surface area (Å²) in [5.41, 5.74) is 1.35. The van der Waals surface area contributed by atoms with Crippen LogP contribution in [0.3, 0.4) is 0 Å². The Morgan fingerprint density at radius 3 is 2.53 bits per heavy atom. The molecule has 104 valence electrons. The second kappa shape index (κ2) is 7.56. The molecule has 4 nitrogen and oxygen atoms in total. The Balaban J connectivity index is 2.73. The fraction of sp³-hybridized carbons (Fsp3) is 0.467. The van der Waals surface area contributed by atoms with Crippen molar-refractivity contribution >= 4 is 11.8 Å². The third-order valence-corrected chi connectivity index (χ3v) is 2.58. The number of carbonyl (C=O) groups is 2. The van der Waals surface area contributed by atoms with Crippen molar-refractivity contribution in [3.8, 4) is 5.75 Å². The van der Waals surface area contributed by atoms with Gasteiger partial charge in [-0.2, -0.15) is 0 Å². The van der Waals surface area contributed by atoms with E-state index in [-0.39, 0.29) is 18.8 Å². The highest BCUT2D eigenvalue weighted by Gasteiger charge is 2.15. The van der Waals surface area contributed by atoms with E-state index in [4.69, 9.17) is 9.47 Å². The largest absolute Gasteiger partial charge is 0.494 e. The normalized spacial score (nSPS) is 10.1. The van der Waals surface area contributed by atoms with Gasteiger partial charge in [0.25, 0.3) is 0 Å². The van der Waals surface area contributed by atoms with Gasteiger partial charge >= 0.3 is 5.97 Å². The Morgan fingerprint density at radius 1 is 1.21 bits per heavy atom. The molecule has 0 aromatic heterocycles. The zero-order valence-corrected chi connectivity index (χ0v) is 11.7. The molecule has 0 bridgehead atoms. The zero-order valence-electron chi connectivity index (χ0n) is 11.7. The van der Waals surface area contributed by atoms with Crippen LogP contribution in [-0.4, -0.2) is 25.0 Å². The van der Waals surface area contributed by atoms with Gasteiger partial charge in [0, 0.05) is 5.56 Å². The van der Waals surface area contributed by atoms with E-state index in [1.165, 1.54) is 0 Å². The van der Waals surface area contributed by atoms with E-state index in [0.717, 1.165) is 17.7 Å². The van der Waals surface area contributed by atoms with Crippen LogP contribution in [0.1, 0.15) is 42.6 Å². The number of Topliss-reactive ketones (excluding diaryl/α,β-unsaturated/α-hetero) is 1. The molecule has 0 fully saturated rings. The van der Waals surface area contributed by atoms with Gasteiger partial charge < -0.3 is 9.47 Å². The van der Waals surface area contributed by atoms with Crippen LogP contribution in [0.25, 0.3) is 0 Å². The predicted octanol–water partition coefficient (Wildman–Crippen LogP) is 2.92. The summed E-state index contributed by atoms with van der Waals surface area (Å²) in [6, 6.07) is 5.26. The Kier molecular flexibility index (Phi) is 6.06. The number of rotatable bonds is 7. The molecule has 1 rings (SSSR count). The van der Waals surface area contributed by atoms with Crippen LogP contribution in [0.15, 0.2) is 18.2 Å². The summed E-state index contributed by atoms with van der Waals surface area (Å²) in [6.45, 7) is 6.51. The topological polar surface area (TPSA) is 52.6 Å². The van der Waals surface area contributed by atoms with Gasteiger partial charge in [-0.3, -0.25) is 9.59 Å². The molecule has 0 atom stereocenters. The summed E-state index contributed by atoms with van der Waals surface area (Å²) >= 11 is 0. The molecule has 0 spiro atoms. The van der Waals surface area contributed by atoms with Crippen LogP contribution in [-0.2, 0) is 9.53 Å². The van der Waals surface area contributed by atoms with E-state index >= 15 is 0 Å². The number of hydrogen-bond donors (Lipinski definition) is 0. The highest BCUT2D eigenvalue weighted by molar-refractivity contribution is 6.06. The molecule has 0 aliphatic heterocycles. The second-order valence-electron chi connectivity index (χ2n) is 4.23. The highest BCUT2D eigenvalue weighted by atomic mass is 16.5. The Morgan fingerprint density at radius 2 is 1.95 bits per heavy atom. The minimum absolute atomic E-state index is 0.218. The van der Waals surface area contributed by atoms with E-state index in [2.05, 4.69) is 0 Å². The lowest BCUT2D eigenvalue weighted by atomic mass is 10.0. The van der Waals surface area contributed by atoms with Crippen molar-refractivity contribution in [1.29, 1.82) is 0 Å². The van der Waals surface area contributed by atoms with E-state index in [1.54, 1.807) is 19.1 Å². The fourth-order valence-corrected chi connectivity index (χ4v) is 1.70. The highest BCUT2D eigenvalue weighted by Crippen LogP contribution is 2.19. The Hall–Kier alpha value is -1.84. The third kappa shape index (κ3) is 4.73. The van der Waals surface area contributed by atoms with Crippen LogP contribution in [0.2, 0.25) is 0 Å². The number of aryl methyl sites for hydroxylation is 1. The van der Waals surface area contributed by atoms with E-state index < -0.39 is 5.97 Å². The molecular weight excluding hydrogens is 244 g/mol. The van der Waals surface area contributed by atoms with E-state index in [9.17, 15) is 9.59 Å². The first-order chi connectivity index (χ1) is 9.08. The maximum Gasteiger partial charge on any atom is 0.313 e. The second-order valence-corrected chi connectivity index (χ2v) is 4.23. The molecular formula is C15H20O4. The molecule has 0 aliphatic rings. The molecule has 0 saturated carbocycles. The summed E-state index contributed by atoms with van der Waals surface area (Å²) in [5, 5.41) is 0. The predicted molar refractivity (Wildman–Crippen MR) is 72.5 cm³/mol. The van der Waals surface area contributed by atoms with E-state index in [1.807, 2.05) is 19.9 Å². The smallest absolute Gasteiger partial charge is 0.313 e. The number of ether oxygens (including phenoxy) is 2. The maximum absolute atomic E-state index is 11.9. The quantitative estimate of drug-likeness (QED) is 0.431. The average molecular weight is 264 g/mol. The SMILES string of the molecule is CCCOc1ccc(C(=O)CC(=O)OCC)c(C)c1. The minimum atomic E-state index is -0.488. The number of esters is 1. The molecule has 0 saturated heterocycles. The van der Waals surface area contributed by atoms with Crippen molar-refractivity contribution in [2.75, 3.05) is 13.2 Å². The fourth-order valence-electron chi connectivity index (χ4n) is 1.70. The molecule has 0 radical (unpaired) electrons. The van der Waals surface area contributed by atoms with Crippen molar-refractivity contribution in [3.63, 3.8) is 0 Å². The average Bonchev–Trinajstić information content (AvgIpc) is 2.36. The molecule has 4 heteroatoms. The van der Waals surface area contributed by atoms with Gasteiger partial charge in [0.05, 0.1) is 13.2 Å². The molecule has 0 heterocycles. The summed E-state index contributed by atoms with van der Waals surface area (Å²) in [4.78, 5) is 23.2. The first kappa shape index (κ1) is 15.2. The summed E-state index contributed by atoms with van der Waals surface area (Å²) in [5.74, 6) is 0.0308. The molecule has 19 heavy (non-hydrogen) atoms. The van der Waals surface area contributed by atoms with Crippen LogP contribution in [0.4, 0.5) is 0 Å². The molecule has 0 amide bonds. The van der Waals surface area contributed by atoms with Crippen molar-refractivity contribution in [1.82, 2.24) is 0 Å². The molecule has 0 aliphatic carbocycles. The summed E-state index contributed by atoms with van der Waals surface area (Å²) in [7, 11) is 0. The molecule has 0 unspecified atom stereocenters. The minimum Gasteiger partial charge on any atom is -0.494 e. The van der Waals surface area contributed by atoms with Crippen molar-refractivity contribution in [2.45, 2.75) is 33.6 Å². The van der Waals surface area contributed by atoms with Gasteiger partial charge in [-0.25, -0.2) is 0 Å².